The van der Waals surface area contributed by atoms with Crippen molar-refractivity contribution in [3.05, 3.63) is 30.3 Å². The van der Waals surface area contributed by atoms with Crippen LogP contribution in [-0.2, 0) is 4.74 Å². The highest BCUT2D eigenvalue weighted by Gasteiger charge is 2.02. The molecule has 0 radical (unpaired) electrons. The van der Waals surface area contributed by atoms with Crippen LogP contribution in [0.25, 0.3) is 0 Å². The first kappa shape index (κ1) is 12.0. The smallest absolute Gasteiger partial charge is 0.119 e. The summed E-state index contributed by atoms with van der Waals surface area (Å²) in [6, 6.07) is 9.85. The topological polar surface area (TPSA) is 30.5 Å². The second kappa shape index (κ2) is 7.26. The fourth-order valence-electron chi connectivity index (χ4n) is 1.25. The number of benzene rings is 1. The van der Waals surface area contributed by atoms with Crippen molar-refractivity contribution >= 4 is 0 Å². The van der Waals surface area contributed by atoms with E-state index in [9.17, 15) is 0 Å². The normalized spacial score (nSPS) is 12.4. The van der Waals surface area contributed by atoms with Crippen LogP contribution in [0.2, 0.25) is 0 Å². The van der Waals surface area contributed by atoms with Crippen molar-refractivity contribution in [2.45, 2.75) is 13.0 Å². The largest absolute Gasteiger partial charge is 0.489 e. The van der Waals surface area contributed by atoms with Crippen LogP contribution in [0.5, 0.6) is 5.75 Å². The van der Waals surface area contributed by atoms with Gasteiger partial charge in [-0.2, -0.15) is 0 Å². The van der Waals surface area contributed by atoms with E-state index in [0.717, 1.165) is 25.4 Å². The lowest BCUT2D eigenvalue weighted by molar-refractivity contribution is 0.184. The third kappa shape index (κ3) is 5.40. The van der Waals surface area contributed by atoms with Crippen LogP contribution in [0.4, 0.5) is 0 Å². The summed E-state index contributed by atoms with van der Waals surface area (Å²) >= 11 is 0. The number of rotatable bonds is 7. The quantitative estimate of drug-likeness (QED) is 0.693. The van der Waals surface area contributed by atoms with E-state index in [1.807, 2.05) is 37.3 Å². The zero-order valence-electron chi connectivity index (χ0n) is 9.40. The number of ether oxygens (including phenoxy) is 2. The summed E-state index contributed by atoms with van der Waals surface area (Å²) in [7, 11) is 1.70. The van der Waals surface area contributed by atoms with Gasteiger partial charge in [0.2, 0.25) is 0 Å². The molecule has 0 saturated carbocycles. The first-order valence-corrected chi connectivity index (χ1v) is 5.24. The first-order chi connectivity index (χ1) is 7.33. The third-order valence-corrected chi connectivity index (χ3v) is 2.00. The van der Waals surface area contributed by atoms with Crippen molar-refractivity contribution in [3.8, 4) is 5.75 Å². The maximum atomic E-state index is 5.69. The molecule has 1 aromatic rings. The SMILES string of the molecule is COCCNCC(C)Oc1ccccc1. The van der Waals surface area contributed by atoms with E-state index in [1.54, 1.807) is 7.11 Å². The van der Waals surface area contributed by atoms with Gasteiger partial charge in [-0.3, -0.25) is 0 Å². The highest BCUT2D eigenvalue weighted by Crippen LogP contribution is 2.10. The lowest BCUT2D eigenvalue weighted by atomic mass is 10.3. The molecule has 1 aromatic carbocycles. The average molecular weight is 209 g/mol. The molecule has 1 atom stereocenters. The van der Waals surface area contributed by atoms with Crippen LogP contribution in [-0.4, -0.2) is 32.9 Å². The lowest BCUT2D eigenvalue weighted by Crippen LogP contribution is -2.31. The first-order valence-electron chi connectivity index (χ1n) is 5.24. The standard InChI is InChI=1S/C12H19NO2/c1-11(10-13-8-9-14-2)15-12-6-4-3-5-7-12/h3-7,11,13H,8-10H2,1-2H3. The molecule has 0 aliphatic heterocycles. The molecule has 3 heteroatoms. The highest BCUT2D eigenvalue weighted by molar-refractivity contribution is 5.21. The number of hydrogen-bond acceptors (Lipinski definition) is 3. The summed E-state index contributed by atoms with van der Waals surface area (Å²) in [4.78, 5) is 0. The van der Waals surface area contributed by atoms with Crippen molar-refractivity contribution in [3.63, 3.8) is 0 Å². The van der Waals surface area contributed by atoms with Crippen LogP contribution >= 0.6 is 0 Å². The predicted molar refractivity (Wildman–Crippen MR) is 61.3 cm³/mol. The van der Waals surface area contributed by atoms with Gasteiger partial charge in [0, 0.05) is 20.2 Å². The monoisotopic (exact) mass is 209 g/mol. The van der Waals surface area contributed by atoms with Crippen LogP contribution in [0.1, 0.15) is 6.92 Å². The minimum absolute atomic E-state index is 0.171. The molecule has 1 unspecified atom stereocenters. The van der Waals surface area contributed by atoms with Gasteiger partial charge in [0.15, 0.2) is 0 Å². The van der Waals surface area contributed by atoms with Crippen molar-refractivity contribution in [1.82, 2.24) is 5.32 Å². The minimum Gasteiger partial charge on any atom is -0.489 e. The molecule has 0 spiro atoms. The van der Waals surface area contributed by atoms with Gasteiger partial charge in [-0.05, 0) is 19.1 Å². The summed E-state index contributed by atoms with van der Waals surface area (Å²) in [6.45, 7) is 4.47. The number of para-hydroxylation sites is 1. The average Bonchev–Trinajstić information content (AvgIpc) is 2.26. The van der Waals surface area contributed by atoms with Crippen molar-refractivity contribution in [1.29, 1.82) is 0 Å². The van der Waals surface area contributed by atoms with Gasteiger partial charge in [0.1, 0.15) is 11.9 Å². The Bertz CT molecular complexity index is 251. The van der Waals surface area contributed by atoms with Gasteiger partial charge in [0.25, 0.3) is 0 Å². The summed E-state index contributed by atoms with van der Waals surface area (Å²) in [5, 5.41) is 3.26. The Labute approximate surface area is 91.4 Å². The van der Waals surface area contributed by atoms with Crippen LogP contribution in [0.3, 0.4) is 0 Å². The molecule has 0 aliphatic carbocycles. The Morgan fingerprint density at radius 3 is 2.67 bits per heavy atom. The second-order valence-electron chi connectivity index (χ2n) is 3.44. The Hall–Kier alpha value is -1.06. The van der Waals surface area contributed by atoms with E-state index >= 15 is 0 Å². The Kier molecular flexibility index (Phi) is 5.81. The van der Waals surface area contributed by atoms with Crippen molar-refractivity contribution in [2.75, 3.05) is 26.8 Å². The van der Waals surface area contributed by atoms with Gasteiger partial charge in [0.05, 0.1) is 6.61 Å². The van der Waals surface area contributed by atoms with E-state index in [2.05, 4.69) is 5.32 Å². The van der Waals surface area contributed by atoms with E-state index in [4.69, 9.17) is 9.47 Å². The van der Waals surface area contributed by atoms with E-state index in [-0.39, 0.29) is 6.10 Å². The molecule has 15 heavy (non-hydrogen) atoms. The van der Waals surface area contributed by atoms with Crippen LogP contribution in [0.15, 0.2) is 30.3 Å². The molecule has 1 N–H and O–H groups in total. The van der Waals surface area contributed by atoms with E-state index in [0.29, 0.717) is 0 Å². The van der Waals surface area contributed by atoms with Crippen LogP contribution < -0.4 is 10.1 Å². The molecular formula is C12H19NO2. The number of nitrogens with one attached hydrogen (secondary N) is 1. The summed E-state index contributed by atoms with van der Waals surface area (Å²) in [6.07, 6.45) is 0.171. The van der Waals surface area contributed by atoms with E-state index < -0.39 is 0 Å². The molecule has 0 bridgehead atoms. The molecule has 0 fully saturated rings. The Balaban J connectivity index is 2.16. The molecular weight excluding hydrogens is 190 g/mol. The zero-order valence-corrected chi connectivity index (χ0v) is 9.40. The molecule has 3 nitrogen and oxygen atoms in total. The molecule has 84 valence electrons. The highest BCUT2D eigenvalue weighted by atomic mass is 16.5. The molecule has 0 saturated heterocycles. The summed E-state index contributed by atoms with van der Waals surface area (Å²) in [5.74, 6) is 0.915. The van der Waals surface area contributed by atoms with Gasteiger partial charge < -0.3 is 14.8 Å². The maximum Gasteiger partial charge on any atom is 0.119 e. The van der Waals surface area contributed by atoms with Crippen LogP contribution in [0, 0.1) is 0 Å². The minimum atomic E-state index is 0.171. The third-order valence-electron chi connectivity index (χ3n) is 2.00. The molecule has 1 rings (SSSR count). The fourth-order valence-corrected chi connectivity index (χ4v) is 1.25. The van der Waals surface area contributed by atoms with E-state index in [1.165, 1.54) is 0 Å². The van der Waals surface area contributed by atoms with Gasteiger partial charge >= 0.3 is 0 Å². The van der Waals surface area contributed by atoms with Gasteiger partial charge in [-0.15, -0.1) is 0 Å². The molecule has 0 amide bonds. The summed E-state index contributed by atoms with van der Waals surface area (Å²) < 4.78 is 10.6. The number of hydrogen-bond donors (Lipinski definition) is 1. The van der Waals surface area contributed by atoms with Crippen molar-refractivity contribution < 1.29 is 9.47 Å². The maximum absolute atomic E-state index is 5.69. The molecule has 0 aromatic heterocycles. The van der Waals surface area contributed by atoms with Gasteiger partial charge in [-0.1, -0.05) is 18.2 Å². The Morgan fingerprint density at radius 1 is 1.27 bits per heavy atom. The molecule has 0 heterocycles. The lowest BCUT2D eigenvalue weighted by Gasteiger charge is -2.15. The number of methoxy groups -OCH3 is 1. The summed E-state index contributed by atoms with van der Waals surface area (Å²) in [5.41, 5.74) is 0. The second-order valence-corrected chi connectivity index (χ2v) is 3.44. The fraction of sp³-hybridized carbons (Fsp3) is 0.500. The predicted octanol–water partition coefficient (Wildman–Crippen LogP) is 1.69. The van der Waals surface area contributed by atoms with Crippen molar-refractivity contribution in [2.24, 2.45) is 0 Å². The van der Waals surface area contributed by atoms with Gasteiger partial charge in [-0.25, -0.2) is 0 Å². The zero-order chi connectivity index (χ0) is 10.9. The Morgan fingerprint density at radius 2 is 2.00 bits per heavy atom. The molecule has 0 aliphatic rings.